The summed E-state index contributed by atoms with van der Waals surface area (Å²) >= 11 is 0. The molecule has 1 aliphatic heterocycles. The van der Waals surface area contributed by atoms with Crippen LogP contribution in [-0.2, 0) is 18.3 Å². The molecule has 2 aromatic rings. The summed E-state index contributed by atoms with van der Waals surface area (Å²) in [7, 11) is 3.69. The maximum absolute atomic E-state index is 12.8. The lowest BCUT2D eigenvalue weighted by Gasteiger charge is -2.32. The van der Waals surface area contributed by atoms with Crippen LogP contribution in [0.25, 0.3) is 0 Å². The van der Waals surface area contributed by atoms with Crippen LogP contribution >= 0.6 is 0 Å². The summed E-state index contributed by atoms with van der Waals surface area (Å²) in [5.74, 6) is 1.74. The lowest BCUT2D eigenvalue weighted by molar-refractivity contribution is 0.0746. The number of imidazole rings is 1. The van der Waals surface area contributed by atoms with E-state index < -0.39 is 0 Å². The van der Waals surface area contributed by atoms with Crippen molar-refractivity contribution < 1.29 is 9.53 Å². The zero-order valence-corrected chi connectivity index (χ0v) is 15.8. The maximum atomic E-state index is 12.8. The molecule has 140 valence electrons. The number of aryl methyl sites for hydroxylation is 1. The summed E-state index contributed by atoms with van der Waals surface area (Å²) in [5, 5.41) is 0. The quantitative estimate of drug-likeness (QED) is 0.792. The number of rotatable bonds is 6. The van der Waals surface area contributed by atoms with Crippen molar-refractivity contribution >= 4 is 11.7 Å². The number of hydrogen-bond donors (Lipinski definition) is 0. The van der Waals surface area contributed by atoms with E-state index in [9.17, 15) is 4.79 Å². The molecular weight excluding hydrogens is 330 g/mol. The summed E-state index contributed by atoms with van der Waals surface area (Å²) in [4.78, 5) is 25.6. The molecule has 1 atom stereocenters. The number of anilines is 1. The summed E-state index contributed by atoms with van der Waals surface area (Å²) in [6.07, 6.45) is 7.73. The standard InChI is InChI=1S/C19H27N5O2/c1-4-23(14-18-20-9-11-22(18)2)19(25)15-7-8-17(21-12-15)24-10-5-6-16(13-24)26-3/h7-9,11-12,16H,4-6,10,13-14H2,1-3H3. The number of methoxy groups -OCH3 is 1. The van der Waals surface area contributed by atoms with Crippen molar-refractivity contribution in [2.45, 2.75) is 32.4 Å². The Morgan fingerprint density at radius 3 is 2.85 bits per heavy atom. The average molecular weight is 357 g/mol. The van der Waals surface area contributed by atoms with Crippen LogP contribution < -0.4 is 4.90 Å². The van der Waals surface area contributed by atoms with Crippen molar-refractivity contribution in [2.75, 3.05) is 31.6 Å². The van der Waals surface area contributed by atoms with Crippen LogP contribution in [0.15, 0.2) is 30.7 Å². The molecule has 0 N–H and O–H groups in total. The van der Waals surface area contributed by atoms with Crippen LogP contribution in [-0.4, -0.2) is 58.2 Å². The first-order chi connectivity index (χ1) is 12.6. The van der Waals surface area contributed by atoms with Crippen molar-refractivity contribution in [1.82, 2.24) is 19.4 Å². The topological polar surface area (TPSA) is 63.5 Å². The van der Waals surface area contributed by atoms with Gasteiger partial charge in [-0.2, -0.15) is 0 Å². The minimum Gasteiger partial charge on any atom is -0.380 e. The number of carbonyl (C=O) groups excluding carboxylic acids is 1. The van der Waals surface area contributed by atoms with Crippen LogP contribution in [0.1, 0.15) is 35.9 Å². The molecule has 1 amide bonds. The van der Waals surface area contributed by atoms with E-state index in [1.165, 1.54) is 0 Å². The Bertz CT molecular complexity index is 728. The van der Waals surface area contributed by atoms with Gasteiger partial charge in [0.15, 0.2) is 0 Å². The highest BCUT2D eigenvalue weighted by molar-refractivity contribution is 5.94. The Balaban J connectivity index is 1.68. The highest BCUT2D eigenvalue weighted by Gasteiger charge is 2.21. The van der Waals surface area contributed by atoms with Gasteiger partial charge in [-0.1, -0.05) is 0 Å². The van der Waals surface area contributed by atoms with Gasteiger partial charge in [0.05, 0.1) is 18.2 Å². The Labute approximate surface area is 154 Å². The van der Waals surface area contributed by atoms with Crippen LogP contribution in [0, 0.1) is 0 Å². The first-order valence-corrected chi connectivity index (χ1v) is 9.11. The smallest absolute Gasteiger partial charge is 0.255 e. The van der Waals surface area contributed by atoms with Crippen LogP contribution in [0.4, 0.5) is 5.82 Å². The zero-order valence-electron chi connectivity index (χ0n) is 15.8. The van der Waals surface area contributed by atoms with E-state index in [-0.39, 0.29) is 12.0 Å². The zero-order chi connectivity index (χ0) is 18.5. The number of hydrogen-bond acceptors (Lipinski definition) is 5. The third-order valence-electron chi connectivity index (χ3n) is 4.95. The van der Waals surface area contributed by atoms with Crippen molar-refractivity contribution in [2.24, 2.45) is 7.05 Å². The number of pyridine rings is 1. The van der Waals surface area contributed by atoms with Crippen molar-refractivity contribution in [3.05, 3.63) is 42.1 Å². The van der Waals surface area contributed by atoms with Gasteiger partial charge in [-0.05, 0) is 31.9 Å². The minimum absolute atomic E-state index is 0.0250. The number of amides is 1. The van der Waals surface area contributed by atoms with E-state index in [0.717, 1.165) is 37.6 Å². The number of ether oxygens (including phenoxy) is 1. The molecule has 1 unspecified atom stereocenters. The number of carbonyl (C=O) groups is 1. The molecule has 7 nitrogen and oxygen atoms in total. The van der Waals surface area contributed by atoms with Gasteiger partial charge in [-0.15, -0.1) is 0 Å². The van der Waals surface area contributed by atoms with Gasteiger partial charge in [0.2, 0.25) is 0 Å². The summed E-state index contributed by atoms with van der Waals surface area (Å²) in [6.45, 7) is 4.90. The maximum Gasteiger partial charge on any atom is 0.255 e. The molecular formula is C19H27N5O2. The first kappa shape index (κ1) is 18.4. The normalized spacial score (nSPS) is 17.3. The van der Waals surface area contributed by atoms with Gasteiger partial charge in [-0.25, -0.2) is 9.97 Å². The van der Waals surface area contributed by atoms with E-state index in [1.54, 1.807) is 24.4 Å². The second-order valence-electron chi connectivity index (χ2n) is 6.62. The molecule has 1 fully saturated rings. The molecule has 3 heterocycles. The molecule has 0 saturated carbocycles. The fraction of sp³-hybridized carbons (Fsp3) is 0.526. The second kappa shape index (κ2) is 8.31. The minimum atomic E-state index is -0.0250. The third kappa shape index (κ3) is 4.04. The Hall–Kier alpha value is -2.41. The molecule has 1 aliphatic rings. The summed E-state index contributed by atoms with van der Waals surface area (Å²) < 4.78 is 7.40. The predicted octanol–water partition coefficient (Wildman–Crippen LogP) is 2.09. The Morgan fingerprint density at radius 1 is 1.38 bits per heavy atom. The van der Waals surface area contributed by atoms with Gasteiger partial charge in [0.25, 0.3) is 5.91 Å². The monoisotopic (exact) mass is 357 g/mol. The van der Waals surface area contributed by atoms with Gasteiger partial charge in [0.1, 0.15) is 11.6 Å². The van der Waals surface area contributed by atoms with Gasteiger partial charge < -0.3 is 19.1 Å². The van der Waals surface area contributed by atoms with Crippen LogP contribution in [0.5, 0.6) is 0 Å². The highest BCUT2D eigenvalue weighted by atomic mass is 16.5. The molecule has 0 bridgehead atoms. The molecule has 7 heteroatoms. The van der Waals surface area contributed by atoms with Crippen LogP contribution in [0.2, 0.25) is 0 Å². The molecule has 0 radical (unpaired) electrons. The van der Waals surface area contributed by atoms with Gasteiger partial charge in [0, 0.05) is 52.4 Å². The van der Waals surface area contributed by atoms with E-state index in [1.807, 2.05) is 36.9 Å². The SMILES string of the molecule is CCN(Cc1nccn1C)C(=O)c1ccc(N2CCCC(OC)C2)nc1. The molecule has 1 saturated heterocycles. The summed E-state index contributed by atoms with van der Waals surface area (Å²) in [6, 6.07) is 3.79. The molecule has 26 heavy (non-hydrogen) atoms. The fourth-order valence-electron chi connectivity index (χ4n) is 3.27. The molecule has 0 spiro atoms. The predicted molar refractivity (Wildman–Crippen MR) is 100 cm³/mol. The lowest BCUT2D eigenvalue weighted by atomic mass is 10.1. The first-order valence-electron chi connectivity index (χ1n) is 9.11. The average Bonchev–Trinajstić information content (AvgIpc) is 3.10. The molecule has 3 rings (SSSR count). The van der Waals surface area contributed by atoms with E-state index in [0.29, 0.717) is 18.7 Å². The highest BCUT2D eigenvalue weighted by Crippen LogP contribution is 2.20. The second-order valence-corrected chi connectivity index (χ2v) is 6.62. The van der Waals surface area contributed by atoms with Crippen LogP contribution in [0.3, 0.4) is 0 Å². The Morgan fingerprint density at radius 2 is 2.23 bits per heavy atom. The third-order valence-corrected chi connectivity index (χ3v) is 4.95. The van der Waals surface area contributed by atoms with Crippen molar-refractivity contribution in [3.63, 3.8) is 0 Å². The van der Waals surface area contributed by atoms with Crippen molar-refractivity contribution in [1.29, 1.82) is 0 Å². The fourth-order valence-corrected chi connectivity index (χ4v) is 3.27. The van der Waals surface area contributed by atoms with E-state index in [2.05, 4.69) is 14.9 Å². The van der Waals surface area contributed by atoms with Gasteiger partial charge >= 0.3 is 0 Å². The number of piperidine rings is 1. The van der Waals surface area contributed by atoms with E-state index >= 15 is 0 Å². The van der Waals surface area contributed by atoms with Gasteiger partial charge in [-0.3, -0.25) is 4.79 Å². The number of aromatic nitrogens is 3. The van der Waals surface area contributed by atoms with E-state index in [4.69, 9.17) is 4.74 Å². The molecule has 0 aromatic carbocycles. The largest absolute Gasteiger partial charge is 0.380 e. The summed E-state index contributed by atoms with van der Waals surface area (Å²) in [5.41, 5.74) is 0.602. The lowest BCUT2D eigenvalue weighted by Crippen LogP contribution is -2.39. The number of nitrogens with zero attached hydrogens (tertiary/aromatic N) is 5. The Kier molecular flexibility index (Phi) is 5.88. The molecule has 0 aliphatic carbocycles. The molecule has 2 aromatic heterocycles. The van der Waals surface area contributed by atoms with Crippen molar-refractivity contribution in [3.8, 4) is 0 Å².